The number of carbonyl (C=O) groups excluding carboxylic acids is 1. The molecule has 0 unspecified atom stereocenters. The Morgan fingerprint density at radius 2 is 2.06 bits per heavy atom. The van der Waals surface area contributed by atoms with Crippen molar-refractivity contribution in [3.05, 3.63) is 64.0 Å². The molecule has 2 aromatic heterocycles. The molecule has 9 nitrogen and oxygen atoms in total. The molecule has 1 amide bonds. The van der Waals surface area contributed by atoms with Crippen LogP contribution in [0.5, 0.6) is 11.5 Å². The summed E-state index contributed by atoms with van der Waals surface area (Å²) in [4.78, 5) is 32.1. The highest BCUT2D eigenvalue weighted by atomic mass is 35.5. The summed E-state index contributed by atoms with van der Waals surface area (Å²) in [7, 11) is 3.05. The Labute approximate surface area is 191 Å². The van der Waals surface area contributed by atoms with Crippen LogP contribution >= 0.6 is 23.4 Å². The summed E-state index contributed by atoms with van der Waals surface area (Å²) in [5.74, 6) is 0.801. The third-order valence-corrected chi connectivity index (χ3v) is 5.60. The maximum atomic E-state index is 12.5. The minimum absolute atomic E-state index is 0.0140. The first-order valence-corrected chi connectivity index (χ1v) is 10.7. The number of halogens is 1. The number of methoxy groups -OCH3 is 2. The van der Waals surface area contributed by atoms with Gasteiger partial charge in [0.1, 0.15) is 16.9 Å². The van der Waals surface area contributed by atoms with E-state index in [-0.39, 0.29) is 17.2 Å². The molecule has 0 saturated carbocycles. The highest BCUT2D eigenvalue weighted by molar-refractivity contribution is 7.99. The SMILES string of the molecule is COc1ccc(OC)c(NC(=O)CSc2nc3c(cnn3-c3cccc(Cl)c3)c(=O)[nH]2)c1. The van der Waals surface area contributed by atoms with Gasteiger partial charge in [-0.1, -0.05) is 29.4 Å². The van der Waals surface area contributed by atoms with Crippen molar-refractivity contribution in [2.45, 2.75) is 5.16 Å². The molecular formula is C21H18ClN5O4S. The first-order chi connectivity index (χ1) is 15.5. The Bertz CT molecular complexity index is 1350. The van der Waals surface area contributed by atoms with Gasteiger partial charge in [0.15, 0.2) is 10.8 Å². The van der Waals surface area contributed by atoms with Gasteiger partial charge in [-0.25, -0.2) is 9.67 Å². The zero-order valence-electron chi connectivity index (χ0n) is 17.1. The maximum absolute atomic E-state index is 12.5. The van der Waals surface area contributed by atoms with E-state index in [2.05, 4.69) is 20.4 Å². The summed E-state index contributed by atoms with van der Waals surface area (Å²) in [5, 5.41) is 8.20. The van der Waals surface area contributed by atoms with Gasteiger partial charge in [-0.2, -0.15) is 5.10 Å². The van der Waals surface area contributed by atoms with Crippen molar-refractivity contribution in [3.63, 3.8) is 0 Å². The highest BCUT2D eigenvalue weighted by Crippen LogP contribution is 2.29. The molecule has 0 fully saturated rings. The second-order valence-corrected chi connectivity index (χ2v) is 7.95. The number of thioether (sulfide) groups is 1. The average molecular weight is 472 g/mol. The summed E-state index contributed by atoms with van der Waals surface area (Å²) < 4.78 is 12.0. The quantitative estimate of drug-likeness (QED) is 0.313. The van der Waals surface area contributed by atoms with Crippen LogP contribution < -0.4 is 20.3 Å². The summed E-state index contributed by atoms with van der Waals surface area (Å²) in [6.45, 7) is 0. The number of hydrogen-bond acceptors (Lipinski definition) is 7. The van der Waals surface area contributed by atoms with Crippen LogP contribution in [0.4, 0.5) is 5.69 Å². The number of ether oxygens (including phenoxy) is 2. The fourth-order valence-electron chi connectivity index (χ4n) is 3.00. The van der Waals surface area contributed by atoms with Gasteiger partial charge in [0.05, 0.1) is 37.5 Å². The number of nitrogens with zero attached hydrogens (tertiary/aromatic N) is 3. The first-order valence-electron chi connectivity index (χ1n) is 9.37. The van der Waals surface area contributed by atoms with E-state index in [1.165, 1.54) is 25.1 Å². The summed E-state index contributed by atoms with van der Waals surface area (Å²) in [6, 6.07) is 12.2. The van der Waals surface area contributed by atoms with Crippen LogP contribution in [0.1, 0.15) is 0 Å². The van der Waals surface area contributed by atoms with E-state index in [9.17, 15) is 9.59 Å². The number of H-pyrrole nitrogens is 1. The van der Waals surface area contributed by atoms with Crippen LogP contribution in [0, 0.1) is 0 Å². The number of benzene rings is 2. The molecular weight excluding hydrogens is 454 g/mol. The Morgan fingerprint density at radius 1 is 1.22 bits per heavy atom. The monoisotopic (exact) mass is 471 g/mol. The van der Waals surface area contributed by atoms with Gasteiger partial charge >= 0.3 is 0 Å². The average Bonchev–Trinajstić information content (AvgIpc) is 3.22. The third kappa shape index (κ3) is 4.56. The number of carbonyl (C=O) groups is 1. The molecule has 4 aromatic rings. The predicted molar refractivity (Wildman–Crippen MR) is 123 cm³/mol. The van der Waals surface area contributed by atoms with Crippen LogP contribution in [-0.2, 0) is 4.79 Å². The summed E-state index contributed by atoms with van der Waals surface area (Å²) in [5.41, 5.74) is 1.17. The Balaban J connectivity index is 1.54. The minimum atomic E-state index is -0.347. The topological polar surface area (TPSA) is 111 Å². The van der Waals surface area contributed by atoms with Gasteiger partial charge in [0.2, 0.25) is 5.91 Å². The van der Waals surface area contributed by atoms with Gasteiger partial charge in [0, 0.05) is 11.1 Å². The maximum Gasteiger partial charge on any atom is 0.262 e. The standard InChI is InChI=1S/C21H18ClN5O4S/c1-30-14-6-7-17(31-2)16(9-14)24-18(28)11-32-21-25-19-15(20(29)26-21)10-23-27(19)13-5-3-4-12(22)8-13/h3-10H,11H2,1-2H3,(H,24,28)(H,25,26,29). The molecule has 0 aliphatic heterocycles. The molecule has 164 valence electrons. The van der Waals surface area contributed by atoms with E-state index in [4.69, 9.17) is 21.1 Å². The van der Waals surface area contributed by atoms with Gasteiger partial charge in [-0.15, -0.1) is 0 Å². The second-order valence-electron chi connectivity index (χ2n) is 6.55. The van der Waals surface area contributed by atoms with E-state index in [0.29, 0.717) is 44.1 Å². The van der Waals surface area contributed by atoms with Gasteiger partial charge in [0.25, 0.3) is 5.56 Å². The van der Waals surface area contributed by atoms with Crippen molar-refractivity contribution >= 4 is 46.0 Å². The van der Waals surface area contributed by atoms with Crippen molar-refractivity contribution in [2.75, 3.05) is 25.3 Å². The lowest BCUT2D eigenvalue weighted by Crippen LogP contribution is -2.16. The number of aromatic nitrogens is 4. The fourth-order valence-corrected chi connectivity index (χ4v) is 3.84. The number of rotatable bonds is 7. The Morgan fingerprint density at radius 3 is 2.81 bits per heavy atom. The van der Waals surface area contributed by atoms with E-state index >= 15 is 0 Å². The molecule has 0 spiro atoms. The highest BCUT2D eigenvalue weighted by Gasteiger charge is 2.14. The zero-order valence-corrected chi connectivity index (χ0v) is 18.7. The van der Waals surface area contributed by atoms with Gasteiger partial charge < -0.3 is 19.8 Å². The lowest BCUT2D eigenvalue weighted by Gasteiger charge is -2.11. The minimum Gasteiger partial charge on any atom is -0.497 e. The number of nitrogens with one attached hydrogen (secondary N) is 2. The van der Waals surface area contributed by atoms with Gasteiger partial charge in [-0.05, 0) is 30.3 Å². The molecule has 0 aliphatic rings. The molecule has 0 atom stereocenters. The molecule has 11 heteroatoms. The molecule has 0 aliphatic carbocycles. The van der Waals surface area contributed by atoms with E-state index in [1.54, 1.807) is 36.4 Å². The number of amides is 1. The predicted octanol–water partition coefficient (Wildman–Crippen LogP) is 3.51. The molecule has 0 bridgehead atoms. The van der Waals surface area contributed by atoms with Gasteiger partial charge in [-0.3, -0.25) is 9.59 Å². The molecule has 0 radical (unpaired) electrons. The largest absolute Gasteiger partial charge is 0.497 e. The van der Waals surface area contributed by atoms with Crippen LogP contribution in [0.3, 0.4) is 0 Å². The van der Waals surface area contributed by atoms with Crippen LogP contribution in [-0.4, -0.2) is 45.6 Å². The van der Waals surface area contributed by atoms with E-state index < -0.39 is 0 Å². The van der Waals surface area contributed by atoms with Crippen molar-refractivity contribution in [1.29, 1.82) is 0 Å². The first kappa shape index (κ1) is 21.7. The van der Waals surface area contributed by atoms with Crippen molar-refractivity contribution in [3.8, 4) is 17.2 Å². The zero-order chi connectivity index (χ0) is 22.7. The van der Waals surface area contributed by atoms with Crippen LogP contribution in [0.25, 0.3) is 16.7 Å². The normalized spacial score (nSPS) is 10.8. The van der Waals surface area contributed by atoms with E-state index in [0.717, 1.165) is 11.8 Å². The third-order valence-electron chi connectivity index (χ3n) is 4.49. The molecule has 2 aromatic carbocycles. The van der Waals surface area contributed by atoms with E-state index in [1.807, 2.05) is 6.07 Å². The van der Waals surface area contributed by atoms with Crippen LogP contribution in [0.15, 0.2) is 58.6 Å². The molecule has 4 rings (SSSR count). The molecule has 2 heterocycles. The summed E-state index contributed by atoms with van der Waals surface area (Å²) >= 11 is 7.17. The van der Waals surface area contributed by atoms with Crippen molar-refractivity contribution in [1.82, 2.24) is 19.7 Å². The number of anilines is 1. The molecule has 0 saturated heterocycles. The summed E-state index contributed by atoms with van der Waals surface area (Å²) in [6.07, 6.45) is 1.44. The fraction of sp³-hybridized carbons (Fsp3) is 0.143. The second kappa shape index (κ2) is 9.33. The smallest absolute Gasteiger partial charge is 0.262 e. The lowest BCUT2D eigenvalue weighted by molar-refractivity contribution is -0.113. The van der Waals surface area contributed by atoms with Crippen molar-refractivity contribution < 1.29 is 14.3 Å². The molecule has 32 heavy (non-hydrogen) atoms. The van der Waals surface area contributed by atoms with Crippen LogP contribution in [0.2, 0.25) is 5.02 Å². The van der Waals surface area contributed by atoms with Crippen molar-refractivity contribution in [2.24, 2.45) is 0 Å². The Hall–Kier alpha value is -3.50. The number of fused-ring (bicyclic) bond motifs is 1. The number of aromatic amines is 1. The lowest BCUT2D eigenvalue weighted by atomic mass is 10.2. The number of hydrogen-bond donors (Lipinski definition) is 2. The molecule has 2 N–H and O–H groups in total. The Kier molecular flexibility index (Phi) is 6.33.